The summed E-state index contributed by atoms with van der Waals surface area (Å²) in [6, 6.07) is 0. The minimum Gasteiger partial charge on any atom is -0.459 e. The van der Waals surface area contributed by atoms with Gasteiger partial charge in [-0.05, 0) is 12.3 Å². The van der Waals surface area contributed by atoms with Crippen LogP contribution in [0, 0.1) is 11.8 Å². The number of esters is 1. The highest BCUT2D eigenvalue weighted by Gasteiger charge is 2.44. The first kappa shape index (κ1) is 13.2. The first-order valence-corrected chi connectivity index (χ1v) is 5.91. The molecule has 3 nitrogen and oxygen atoms in total. The Morgan fingerprint density at radius 2 is 2.19 bits per heavy atom. The van der Waals surface area contributed by atoms with E-state index in [0.29, 0.717) is 5.92 Å². The maximum atomic E-state index is 11.1. The van der Waals surface area contributed by atoms with Crippen molar-refractivity contribution in [1.29, 1.82) is 0 Å². The number of hydrogen-bond donors (Lipinski definition) is 0. The number of hydrogen-bond acceptors (Lipinski definition) is 3. The predicted octanol–water partition coefficient (Wildman–Crippen LogP) is 2.55. The quantitative estimate of drug-likeness (QED) is 0.546. The summed E-state index contributed by atoms with van der Waals surface area (Å²) in [5.74, 6) is 0.440. The highest BCUT2D eigenvalue weighted by molar-refractivity contribution is 5.66. The molecule has 1 rings (SSSR count). The van der Waals surface area contributed by atoms with Gasteiger partial charge in [-0.1, -0.05) is 26.8 Å². The summed E-state index contributed by atoms with van der Waals surface area (Å²) in [6.45, 7) is 11.5. The molecule has 1 heterocycles. The lowest BCUT2D eigenvalue weighted by Crippen LogP contribution is -2.31. The van der Waals surface area contributed by atoms with E-state index in [9.17, 15) is 4.79 Å². The molecule has 92 valence electrons. The van der Waals surface area contributed by atoms with Crippen molar-refractivity contribution in [2.45, 2.75) is 52.4 Å². The highest BCUT2D eigenvalue weighted by atomic mass is 16.6. The Bertz CT molecular complexity index is 260. The molecule has 1 aliphatic rings. The molecule has 1 saturated heterocycles. The van der Waals surface area contributed by atoms with E-state index < -0.39 is 0 Å². The average Bonchev–Trinajstić information content (AvgIpc) is 2.46. The van der Waals surface area contributed by atoms with Crippen LogP contribution in [-0.4, -0.2) is 24.3 Å². The Morgan fingerprint density at radius 1 is 1.56 bits per heavy atom. The number of carbonyl (C=O) groups is 1. The van der Waals surface area contributed by atoms with Crippen molar-refractivity contribution in [2.24, 2.45) is 11.8 Å². The fraction of sp³-hybridized carbons (Fsp3) is 0.769. The number of carbonyl (C=O) groups excluding carboxylic acids is 1. The van der Waals surface area contributed by atoms with Crippen LogP contribution in [0.5, 0.6) is 0 Å². The van der Waals surface area contributed by atoms with Crippen LogP contribution >= 0.6 is 0 Å². The molecule has 0 bridgehead atoms. The van der Waals surface area contributed by atoms with Crippen molar-refractivity contribution >= 4 is 5.97 Å². The molecule has 0 radical (unpaired) electrons. The van der Waals surface area contributed by atoms with E-state index in [4.69, 9.17) is 9.47 Å². The van der Waals surface area contributed by atoms with E-state index in [1.165, 1.54) is 6.92 Å². The van der Waals surface area contributed by atoms with Crippen molar-refractivity contribution in [3.05, 3.63) is 12.7 Å². The van der Waals surface area contributed by atoms with Gasteiger partial charge in [-0.3, -0.25) is 4.79 Å². The molecule has 1 fully saturated rings. The summed E-state index contributed by atoms with van der Waals surface area (Å²) in [5, 5.41) is 0. The molecule has 4 atom stereocenters. The van der Waals surface area contributed by atoms with E-state index in [2.05, 4.69) is 27.4 Å². The normalized spacial score (nSPS) is 34.1. The second-order valence-electron chi connectivity index (χ2n) is 4.84. The summed E-state index contributed by atoms with van der Waals surface area (Å²) in [5.41, 5.74) is 0. The van der Waals surface area contributed by atoms with Crippen LogP contribution in [0.4, 0.5) is 0 Å². The third kappa shape index (κ3) is 2.85. The largest absolute Gasteiger partial charge is 0.459 e. The number of ether oxygens (including phenoxy) is 2. The summed E-state index contributed by atoms with van der Waals surface area (Å²) in [7, 11) is 0. The smallest absolute Gasteiger partial charge is 0.303 e. The van der Waals surface area contributed by atoms with Gasteiger partial charge in [-0.2, -0.15) is 0 Å². The van der Waals surface area contributed by atoms with E-state index in [-0.39, 0.29) is 30.2 Å². The molecule has 3 heteroatoms. The first-order chi connectivity index (χ1) is 7.47. The lowest BCUT2D eigenvalue weighted by Gasteiger charge is -2.21. The second kappa shape index (κ2) is 5.48. The Morgan fingerprint density at radius 3 is 2.62 bits per heavy atom. The van der Waals surface area contributed by atoms with Gasteiger partial charge in [0.05, 0.1) is 12.2 Å². The predicted molar refractivity (Wildman–Crippen MR) is 63.0 cm³/mol. The van der Waals surface area contributed by atoms with Gasteiger partial charge in [0.2, 0.25) is 0 Å². The number of rotatable bonds is 4. The molecule has 0 amide bonds. The fourth-order valence-electron chi connectivity index (χ4n) is 2.42. The molecule has 0 saturated carbocycles. The average molecular weight is 226 g/mol. The van der Waals surface area contributed by atoms with Gasteiger partial charge >= 0.3 is 5.97 Å². The topological polar surface area (TPSA) is 35.5 Å². The Hall–Kier alpha value is -0.830. The van der Waals surface area contributed by atoms with Crippen molar-refractivity contribution in [1.82, 2.24) is 0 Å². The fourth-order valence-corrected chi connectivity index (χ4v) is 2.42. The Balaban J connectivity index is 2.75. The molecule has 0 aromatic rings. The van der Waals surface area contributed by atoms with Crippen LogP contribution in [-0.2, 0) is 14.3 Å². The molecule has 4 unspecified atom stereocenters. The molecule has 0 aromatic carbocycles. The zero-order valence-electron chi connectivity index (χ0n) is 10.6. The van der Waals surface area contributed by atoms with Crippen molar-refractivity contribution in [2.75, 3.05) is 0 Å². The van der Waals surface area contributed by atoms with Crippen molar-refractivity contribution < 1.29 is 14.3 Å². The van der Waals surface area contributed by atoms with Crippen LogP contribution in [0.15, 0.2) is 12.7 Å². The van der Waals surface area contributed by atoms with Crippen LogP contribution in [0.1, 0.15) is 34.1 Å². The molecule has 0 N–H and O–H groups in total. The zero-order valence-corrected chi connectivity index (χ0v) is 10.6. The van der Waals surface area contributed by atoms with Crippen LogP contribution < -0.4 is 0 Å². The van der Waals surface area contributed by atoms with Crippen LogP contribution in [0.2, 0.25) is 0 Å². The summed E-state index contributed by atoms with van der Waals surface area (Å²) in [4.78, 5) is 11.1. The van der Waals surface area contributed by atoms with Gasteiger partial charge in [-0.25, -0.2) is 0 Å². The molecule has 0 spiro atoms. The van der Waals surface area contributed by atoms with Crippen molar-refractivity contribution in [3.8, 4) is 0 Å². The van der Waals surface area contributed by atoms with Gasteiger partial charge in [0.15, 0.2) is 0 Å². The molecule has 16 heavy (non-hydrogen) atoms. The lowest BCUT2D eigenvalue weighted by molar-refractivity contribution is -0.150. The monoisotopic (exact) mass is 226 g/mol. The standard InChI is InChI=1S/C13H22O3/c1-6-7-11-13(15-10(5)14)9(4)12(16-11)8(2)3/h6,8-9,11-13H,1,7H2,2-5H3. The molecule has 1 aliphatic heterocycles. The third-order valence-electron chi connectivity index (χ3n) is 3.09. The van der Waals surface area contributed by atoms with Gasteiger partial charge in [0.1, 0.15) is 6.10 Å². The maximum Gasteiger partial charge on any atom is 0.303 e. The third-order valence-corrected chi connectivity index (χ3v) is 3.09. The highest BCUT2D eigenvalue weighted by Crippen LogP contribution is 2.34. The first-order valence-electron chi connectivity index (χ1n) is 5.91. The van der Waals surface area contributed by atoms with Gasteiger partial charge in [0, 0.05) is 12.8 Å². The summed E-state index contributed by atoms with van der Waals surface area (Å²) >= 11 is 0. The van der Waals surface area contributed by atoms with Gasteiger partial charge in [0.25, 0.3) is 0 Å². The molecular weight excluding hydrogens is 204 g/mol. The van der Waals surface area contributed by atoms with Gasteiger partial charge < -0.3 is 9.47 Å². The van der Waals surface area contributed by atoms with E-state index in [0.717, 1.165) is 6.42 Å². The minimum atomic E-state index is -0.237. The lowest BCUT2D eigenvalue weighted by atomic mass is 9.91. The summed E-state index contributed by atoms with van der Waals surface area (Å²) in [6.07, 6.45) is 2.53. The van der Waals surface area contributed by atoms with Crippen LogP contribution in [0.3, 0.4) is 0 Å². The zero-order chi connectivity index (χ0) is 12.3. The Kier molecular flexibility index (Phi) is 4.54. The van der Waals surface area contributed by atoms with E-state index >= 15 is 0 Å². The maximum absolute atomic E-state index is 11.1. The molecular formula is C13H22O3. The molecule has 0 aliphatic carbocycles. The summed E-state index contributed by atoms with van der Waals surface area (Å²) < 4.78 is 11.3. The van der Waals surface area contributed by atoms with Gasteiger partial charge in [-0.15, -0.1) is 6.58 Å². The minimum absolute atomic E-state index is 0.0381. The van der Waals surface area contributed by atoms with E-state index in [1.807, 2.05) is 6.08 Å². The Labute approximate surface area is 97.8 Å². The van der Waals surface area contributed by atoms with Crippen LogP contribution in [0.25, 0.3) is 0 Å². The van der Waals surface area contributed by atoms with Crippen molar-refractivity contribution in [3.63, 3.8) is 0 Å². The molecule has 0 aromatic heterocycles. The SMILES string of the molecule is C=CCC1OC(C(C)C)C(C)C1OC(C)=O. The second-order valence-corrected chi connectivity index (χ2v) is 4.84. The van der Waals surface area contributed by atoms with E-state index in [1.54, 1.807) is 0 Å².